The van der Waals surface area contributed by atoms with Crippen LogP contribution in [0.1, 0.15) is 43.3 Å². The highest BCUT2D eigenvalue weighted by molar-refractivity contribution is 5.18. The Hall–Kier alpha value is -1.75. The highest BCUT2D eigenvalue weighted by atomic mass is 15.3. The molecule has 0 spiro atoms. The van der Waals surface area contributed by atoms with Crippen molar-refractivity contribution in [3.63, 3.8) is 0 Å². The first-order valence-electron chi connectivity index (χ1n) is 7.26. The van der Waals surface area contributed by atoms with Crippen LogP contribution in [0.2, 0.25) is 0 Å². The summed E-state index contributed by atoms with van der Waals surface area (Å²) in [5.74, 6) is 0. The Labute approximate surface area is 120 Å². The molecule has 1 unspecified atom stereocenters. The van der Waals surface area contributed by atoms with Gasteiger partial charge in [0.1, 0.15) is 0 Å². The maximum atomic E-state index is 4.52. The van der Waals surface area contributed by atoms with Gasteiger partial charge in [-0.3, -0.25) is 4.68 Å². The van der Waals surface area contributed by atoms with Gasteiger partial charge in [0.15, 0.2) is 0 Å². The Bertz CT molecular complexity index is 520. The first-order valence-corrected chi connectivity index (χ1v) is 7.26. The third-order valence-corrected chi connectivity index (χ3v) is 3.45. The first kappa shape index (κ1) is 14.7. The zero-order chi connectivity index (χ0) is 14.4. The predicted octanol–water partition coefficient (Wildman–Crippen LogP) is 2.06. The minimum atomic E-state index is 0.255. The van der Waals surface area contributed by atoms with Crippen LogP contribution in [0, 0.1) is 0 Å². The third-order valence-electron chi connectivity index (χ3n) is 3.45. The molecule has 0 radical (unpaired) electrons. The second-order valence-electron chi connectivity index (χ2n) is 4.99. The van der Waals surface area contributed by atoms with Gasteiger partial charge in [0, 0.05) is 31.4 Å². The molecule has 108 valence electrons. The van der Waals surface area contributed by atoms with Crippen molar-refractivity contribution in [2.75, 3.05) is 6.54 Å². The van der Waals surface area contributed by atoms with Crippen LogP contribution in [0.5, 0.6) is 0 Å². The molecule has 0 aliphatic carbocycles. The quantitative estimate of drug-likeness (QED) is 0.839. The molecular weight excluding hydrogens is 250 g/mol. The molecule has 0 aliphatic heterocycles. The highest BCUT2D eigenvalue weighted by Gasteiger charge is 2.14. The molecule has 0 saturated carbocycles. The fraction of sp³-hybridized carbons (Fsp3) is 0.533. The van der Waals surface area contributed by atoms with E-state index in [0.29, 0.717) is 0 Å². The molecule has 2 aromatic heterocycles. The summed E-state index contributed by atoms with van der Waals surface area (Å²) in [6.07, 6.45) is 6.58. The minimum Gasteiger partial charge on any atom is -0.310 e. The van der Waals surface area contributed by atoms with E-state index in [1.54, 1.807) is 6.20 Å². The molecule has 5 nitrogen and oxygen atoms in total. The molecule has 5 heteroatoms. The van der Waals surface area contributed by atoms with Gasteiger partial charge in [0.25, 0.3) is 0 Å². The maximum Gasteiger partial charge on any atom is 0.0624 e. The zero-order valence-electron chi connectivity index (χ0n) is 12.5. The van der Waals surface area contributed by atoms with Crippen LogP contribution in [-0.2, 0) is 19.9 Å². The summed E-state index contributed by atoms with van der Waals surface area (Å²) < 4.78 is 1.98. The van der Waals surface area contributed by atoms with E-state index in [9.17, 15) is 0 Å². The summed E-state index contributed by atoms with van der Waals surface area (Å²) in [6, 6.07) is 4.47. The number of aryl methyl sites for hydroxylation is 2. The summed E-state index contributed by atoms with van der Waals surface area (Å²) >= 11 is 0. The average molecular weight is 273 g/mol. The van der Waals surface area contributed by atoms with Crippen molar-refractivity contribution in [1.29, 1.82) is 0 Å². The highest BCUT2D eigenvalue weighted by Crippen LogP contribution is 2.18. The maximum absolute atomic E-state index is 4.52. The van der Waals surface area contributed by atoms with Gasteiger partial charge in [0.2, 0.25) is 0 Å². The van der Waals surface area contributed by atoms with Crippen LogP contribution in [0.3, 0.4) is 0 Å². The number of nitrogens with zero attached hydrogens (tertiary/aromatic N) is 4. The number of nitrogens with one attached hydrogen (secondary N) is 1. The van der Waals surface area contributed by atoms with Gasteiger partial charge >= 0.3 is 0 Å². The van der Waals surface area contributed by atoms with Crippen molar-refractivity contribution in [2.24, 2.45) is 7.05 Å². The summed E-state index contributed by atoms with van der Waals surface area (Å²) in [6.45, 7) is 5.30. The fourth-order valence-corrected chi connectivity index (χ4v) is 2.28. The Morgan fingerprint density at radius 2 is 2.15 bits per heavy atom. The van der Waals surface area contributed by atoms with E-state index in [0.717, 1.165) is 31.5 Å². The Balaban J connectivity index is 2.16. The SMILES string of the molecule is CCCNC(Cc1cc(CC)nn1C)c1ccnnc1. The molecule has 2 aromatic rings. The van der Waals surface area contributed by atoms with E-state index in [2.05, 4.69) is 40.5 Å². The second-order valence-corrected chi connectivity index (χ2v) is 4.99. The van der Waals surface area contributed by atoms with Gasteiger partial charge in [-0.05, 0) is 37.1 Å². The van der Waals surface area contributed by atoms with Crippen molar-refractivity contribution in [3.8, 4) is 0 Å². The molecule has 2 heterocycles. The minimum absolute atomic E-state index is 0.255. The van der Waals surface area contributed by atoms with Crippen molar-refractivity contribution < 1.29 is 0 Å². The van der Waals surface area contributed by atoms with Crippen molar-refractivity contribution in [2.45, 2.75) is 39.2 Å². The van der Waals surface area contributed by atoms with Gasteiger partial charge in [0.05, 0.1) is 11.9 Å². The molecule has 0 saturated heterocycles. The van der Waals surface area contributed by atoms with Crippen LogP contribution in [0.4, 0.5) is 0 Å². The molecule has 0 aromatic carbocycles. The molecule has 2 rings (SSSR count). The number of rotatable bonds is 7. The van der Waals surface area contributed by atoms with Gasteiger partial charge in [-0.1, -0.05) is 13.8 Å². The van der Waals surface area contributed by atoms with Crippen molar-refractivity contribution in [3.05, 3.63) is 41.5 Å². The van der Waals surface area contributed by atoms with Gasteiger partial charge < -0.3 is 5.32 Å². The van der Waals surface area contributed by atoms with E-state index in [-0.39, 0.29) is 6.04 Å². The van der Waals surface area contributed by atoms with Crippen LogP contribution >= 0.6 is 0 Å². The van der Waals surface area contributed by atoms with Crippen molar-refractivity contribution in [1.82, 2.24) is 25.3 Å². The lowest BCUT2D eigenvalue weighted by Crippen LogP contribution is -2.25. The largest absolute Gasteiger partial charge is 0.310 e. The Morgan fingerprint density at radius 1 is 1.30 bits per heavy atom. The summed E-state index contributed by atoms with van der Waals surface area (Å²) in [7, 11) is 2.01. The zero-order valence-corrected chi connectivity index (χ0v) is 12.5. The molecule has 0 amide bonds. The van der Waals surface area contributed by atoms with E-state index >= 15 is 0 Å². The smallest absolute Gasteiger partial charge is 0.0624 e. The molecular formula is C15H23N5. The third kappa shape index (κ3) is 3.63. The molecule has 1 atom stereocenters. The van der Waals surface area contributed by atoms with Crippen LogP contribution in [0.15, 0.2) is 24.5 Å². The summed E-state index contributed by atoms with van der Waals surface area (Å²) in [5.41, 5.74) is 3.56. The van der Waals surface area contributed by atoms with E-state index in [4.69, 9.17) is 0 Å². The fourth-order valence-electron chi connectivity index (χ4n) is 2.28. The second kappa shape index (κ2) is 7.14. The predicted molar refractivity (Wildman–Crippen MR) is 79.4 cm³/mol. The molecule has 0 bridgehead atoms. The normalized spacial score (nSPS) is 12.6. The molecule has 0 aliphatic rings. The first-order chi connectivity index (χ1) is 9.74. The van der Waals surface area contributed by atoms with Crippen LogP contribution in [-0.4, -0.2) is 26.5 Å². The average Bonchev–Trinajstić information content (AvgIpc) is 2.84. The van der Waals surface area contributed by atoms with Gasteiger partial charge in [-0.2, -0.15) is 15.3 Å². The Morgan fingerprint density at radius 3 is 2.75 bits per heavy atom. The number of hydrogen-bond acceptors (Lipinski definition) is 4. The lowest BCUT2D eigenvalue weighted by molar-refractivity contribution is 0.510. The monoisotopic (exact) mass is 273 g/mol. The summed E-state index contributed by atoms with van der Waals surface area (Å²) in [5, 5.41) is 15.9. The van der Waals surface area contributed by atoms with E-state index in [1.165, 1.54) is 11.3 Å². The topological polar surface area (TPSA) is 55.6 Å². The number of aromatic nitrogens is 4. The van der Waals surface area contributed by atoms with Crippen molar-refractivity contribution >= 4 is 0 Å². The van der Waals surface area contributed by atoms with Crippen LogP contribution < -0.4 is 5.32 Å². The standard InChI is InChI=1S/C15H23N5/c1-4-7-16-15(12-6-8-17-18-11-12)10-14-9-13(5-2)19-20(14)3/h6,8-9,11,15-16H,4-5,7,10H2,1-3H3. The lowest BCUT2D eigenvalue weighted by atomic mass is 10.0. The van der Waals surface area contributed by atoms with Gasteiger partial charge in [-0.15, -0.1) is 0 Å². The van der Waals surface area contributed by atoms with E-state index < -0.39 is 0 Å². The lowest BCUT2D eigenvalue weighted by Gasteiger charge is -2.18. The molecule has 20 heavy (non-hydrogen) atoms. The van der Waals surface area contributed by atoms with Crippen LogP contribution in [0.25, 0.3) is 0 Å². The number of hydrogen-bond donors (Lipinski definition) is 1. The Kier molecular flexibility index (Phi) is 5.24. The molecule has 1 N–H and O–H groups in total. The van der Waals surface area contributed by atoms with E-state index in [1.807, 2.05) is 24.0 Å². The summed E-state index contributed by atoms with van der Waals surface area (Å²) in [4.78, 5) is 0. The molecule has 0 fully saturated rings. The van der Waals surface area contributed by atoms with Gasteiger partial charge in [-0.25, -0.2) is 0 Å².